The van der Waals surface area contributed by atoms with Gasteiger partial charge in [0.1, 0.15) is 5.54 Å². The Morgan fingerprint density at radius 2 is 2.04 bits per heavy atom. The van der Waals surface area contributed by atoms with E-state index in [2.05, 4.69) is 10.3 Å². The van der Waals surface area contributed by atoms with Crippen LogP contribution in [0.4, 0.5) is 4.79 Å². The van der Waals surface area contributed by atoms with E-state index in [-0.39, 0.29) is 19.4 Å². The van der Waals surface area contributed by atoms with Crippen molar-refractivity contribution in [1.82, 2.24) is 15.2 Å². The Morgan fingerprint density at radius 1 is 1.30 bits per heavy atom. The van der Waals surface area contributed by atoms with Crippen LogP contribution in [-0.4, -0.2) is 33.9 Å². The lowest BCUT2D eigenvalue weighted by Crippen LogP contribution is -2.59. The molecule has 3 N–H and O–H groups in total. The average molecular weight is 408 g/mol. The maximum atomic E-state index is 13.3. The van der Waals surface area contributed by atoms with Crippen LogP contribution in [0, 0.1) is 0 Å². The van der Waals surface area contributed by atoms with E-state index >= 15 is 0 Å². The number of amides is 3. The summed E-state index contributed by atoms with van der Waals surface area (Å²) in [4.78, 5) is 30.6. The molecule has 1 aromatic heterocycles. The van der Waals surface area contributed by atoms with Crippen LogP contribution in [0.3, 0.4) is 0 Å². The Kier molecular flexibility index (Phi) is 5.45. The van der Waals surface area contributed by atoms with Gasteiger partial charge in [0.05, 0.1) is 0 Å². The molecule has 2 unspecified atom stereocenters. The lowest BCUT2D eigenvalue weighted by Gasteiger charge is -2.36. The zero-order valence-electron chi connectivity index (χ0n) is 15.5. The standard InChI is InChI=1S/C19H20Cl2N4O2/c20-15-5-1-6-16(21)14(15)10-19(7-3-9-25(19)18(22)27)17(26)24-12-13-4-2-8-23-11-13/h1-2,4-6,8,11H,3,7,9-10,12H2,(H2,22,27)(H,24,26)/i9D. The van der Waals surface area contributed by atoms with E-state index in [9.17, 15) is 9.59 Å². The van der Waals surface area contributed by atoms with Gasteiger partial charge in [0.2, 0.25) is 5.91 Å². The number of hydrogen-bond donors (Lipinski definition) is 2. The van der Waals surface area contributed by atoms with Crippen molar-refractivity contribution in [2.75, 3.05) is 6.52 Å². The lowest BCUT2D eigenvalue weighted by molar-refractivity contribution is -0.130. The second kappa shape index (κ2) is 8.15. The second-order valence-electron chi connectivity index (χ2n) is 6.38. The first-order valence-corrected chi connectivity index (χ1v) is 9.22. The number of pyridine rings is 1. The smallest absolute Gasteiger partial charge is 0.315 e. The van der Waals surface area contributed by atoms with Gasteiger partial charge in [-0.15, -0.1) is 0 Å². The molecule has 2 aromatic rings. The van der Waals surface area contributed by atoms with Crippen LogP contribution in [-0.2, 0) is 17.8 Å². The molecule has 6 nitrogen and oxygen atoms in total. The normalized spacial score (nSPS) is 22.4. The van der Waals surface area contributed by atoms with E-state index in [0.29, 0.717) is 22.0 Å². The van der Waals surface area contributed by atoms with Gasteiger partial charge in [0.25, 0.3) is 0 Å². The van der Waals surface area contributed by atoms with Crippen molar-refractivity contribution in [2.45, 2.75) is 31.3 Å². The van der Waals surface area contributed by atoms with Crippen LogP contribution in [0.25, 0.3) is 0 Å². The molecular formula is C19H20Cl2N4O2. The van der Waals surface area contributed by atoms with E-state index in [4.69, 9.17) is 30.3 Å². The Hall–Kier alpha value is -2.31. The zero-order valence-corrected chi connectivity index (χ0v) is 16.0. The molecule has 1 saturated heterocycles. The first-order valence-electron chi connectivity index (χ1n) is 9.04. The lowest BCUT2D eigenvalue weighted by atomic mass is 9.87. The molecule has 0 saturated carbocycles. The Bertz CT molecular complexity index is 863. The quantitative estimate of drug-likeness (QED) is 0.797. The first-order chi connectivity index (χ1) is 13.3. The Morgan fingerprint density at radius 3 is 2.67 bits per heavy atom. The minimum Gasteiger partial charge on any atom is -0.351 e. The van der Waals surface area contributed by atoms with Crippen molar-refractivity contribution < 1.29 is 11.0 Å². The van der Waals surface area contributed by atoms with Crippen molar-refractivity contribution in [3.63, 3.8) is 0 Å². The van der Waals surface area contributed by atoms with Gasteiger partial charge in [0, 0.05) is 43.3 Å². The number of benzene rings is 1. The van der Waals surface area contributed by atoms with Crippen molar-refractivity contribution >= 4 is 35.1 Å². The third-order valence-corrected chi connectivity index (χ3v) is 5.41. The SMILES string of the molecule is [2H]C1CCC(Cc2c(Cl)cccc2Cl)(C(=O)NCc2cccnc2)N1C(N)=O. The zero-order chi connectivity index (χ0) is 20.3. The number of nitrogens with one attached hydrogen (secondary N) is 1. The highest BCUT2D eigenvalue weighted by Gasteiger charge is 2.49. The molecule has 0 spiro atoms. The Balaban J connectivity index is 1.95. The molecule has 1 aromatic carbocycles. The number of nitrogens with two attached hydrogens (primary N) is 1. The fraction of sp³-hybridized carbons (Fsp3) is 0.316. The summed E-state index contributed by atoms with van der Waals surface area (Å²) in [6.07, 6.45) is 3.97. The third kappa shape index (κ3) is 4.01. The van der Waals surface area contributed by atoms with Crippen molar-refractivity contribution in [3.05, 3.63) is 63.9 Å². The van der Waals surface area contributed by atoms with Crippen molar-refractivity contribution in [3.8, 4) is 0 Å². The molecule has 2 atom stereocenters. The highest BCUT2D eigenvalue weighted by molar-refractivity contribution is 6.36. The summed E-state index contributed by atoms with van der Waals surface area (Å²) in [7, 11) is 0. The molecular weight excluding hydrogens is 387 g/mol. The molecule has 0 radical (unpaired) electrons. The van der Waals surface area contributed by atoms with E-state index < -0.39 is 24.0 Å². The van der Waals surface area contributed by atoms with Crippen molar-refractivity contribution in [1.29, 1.82) is 0 Å². The number of aromatic nitrogens is 1. The minimum absolute atomic E-state index is 0.0721. The number of primary amides is 1. The number of urea groups is 1. The number of rotatable bonds is 5. The van der Waals surface area contributed by atoms with E-state index in [1.165, 1.54) is 0 Å². The first kappa shape index (κ1) is 18.1. The van der Waals surface area contributed by atoms with E-state index in [1.54, 1.807) is 36.7 Å². The predicted octanol–water partition coefficient (Wildman–Crippen LogP) is 3.16. The molecule has 1 aliphatic heterocycles. The summed E-state index contributed by atoms with van der Waals surface area (Å²) in [6.45, 7) is -0.678. The van der Waals surface area contributed by atoms with Gasteiger partial charge in [-0.1, -0.05) is 35.3 Å². The molecule has 8 heteroatoms. The summed E-state index contributed by atoms with van der Waals surface area (Å²) in [5, 5.41) is 3.64. The maximum absolute atomic E-state index is 13.3. The van der Waals surface area contributed by atoms with Gasteiger partial charge in [-0.05, 0) is 42.2 Å². The highest BCUT2D eigenvalue weighted by atomic mass is 35.5. The summed E-state index contributed by atoms with van der Waals surface area (Å²) in [5.74, 6) is -0.402. The molecule has 3 rings (SSSR count). The molecule has 3 amide bonds. The number of nitrogens with zero attached hydrogens (tertiary/aromatic N) is 2. The largest absolute Gasteiger partial charge is 0.351 e. The second-order valence-corrected chi connectivity index (χ2v) is 7.20. The van der Waals surface area contributed by atoms with Gasteiger partial charge in [-0.3, -0.25) is 9.78 Å². The van der Waals surface area contributed by atoms with Crippen LogP contribution in [0.15, 0.2) is 42.7 Å². The molecule has 2 heterocycles. The Labute approximate surface area is 169 Å². The van der Waals surface area contributed by atoms with E-state index in [0.717, 1.165) is 10.5 Å². The summed E-state index contributed by atoms with van der Waals surface area (Å²) in [5.41, 5.74) is 5.57. The maximum Gasteiger partial charge on any atom is 0.315 e. The number of hydrogen-bond acceptors (Lipinski definition) is 3. The van der Waals surface area contributed by atoms with Crippen molar-refractivity contribution in [2.24, 2.45) is 5.73 Å². The van der Waals surface area contributed by atoms with Crippen LogP contribution in [0.1, 0.15) is 25.3 Å². The fourth-order valence-corrected chi connectivity index (χ4v) is 3.88. The van der Waals surface area contributed by atoms with Crippen LogP contribution < -0.4 is 11.1 Å². The third-order valence-electron chi connectivity index (χ3n) is 4.70. The molecule has 1 fully saturated rings. The number of halogens is 2. The van der Waals surface area contributed by atoms with Gasteiger partial charge >= 0.3 is 6.03 Å². The number of carbonyl (C=O) groups excluding carboxylic acids is 2. The van der Waals surface area contributed by atoms with Crippen LogP contribution >= 0.6 is 23.2 Å². The highest BCUT2D eigenvalue weighted by Crippen LogP contribution is 2.37. The molecule has 0 aliphatic carbocycles. The topological polar surface area (TPSA) is 88.3 Å². The van der Waals surface area contributed by atoms with Crippen LogP contribution in [0.5, 0.6) is 0 Å². The molecule has 142 valence electrons. The molecule has 1 aliphatic rings. The fourth-order valence-electron chi connectivity index (χ4n) is 3.35. The summed E-state index contributed by atoms with van der Waals surface area (Å²) in [6, 6.07) is 7.83. The molecule has 0 bridgehead atoms. The monoisotopic (exact) mass is 407 g/mol. The van der Waals surface area contributed by atoms with Gasteiger partial charge in [-0.25, -0.2) is 4.79 Å². The predicted molar refractivity (Wildman–Crippen MR) is 105 cm³/mol. The van der Waals surface area contributed by atoms with Gasteiger partial charge in [-0.2, -0.15) is 0 Å². The summed E-state index contributed by atoms with van der Waals surface area (Å²) < 4.78 is 8.21. The van der Waals surface area contributed by atoms with Crippen LogP contribution in [0.2, 0.25) is 10.0 Å². The number of likely N-dealkylation sites (tertiary alicyclic amines) is 1. The van der Waals surface area contributed by atoms with E-state index in [1.807, 2.05) is 6.07 Å². The minimum atomic E-state index is -1.34. The number of carbonyl (C=O) groups is 2. The molecule has 27 heavy (non-hydrogen) atoms. The average Bonchev–Trinajstić information content (AvgIpc) is 3.01. The summed E-state index contributed by atoms with van der Waals surface area (Å²) >= 11 is 12.6. The van der Waals surface area contributed by atoms with Gasteiger partial charge in [0.15, 0.2) is 0 Å². The van der Waals surface area contributed by atoms with Gasteiger partial charge < -0.3 is 16.0 Å².